The molecule has 1 aromatic rings. The van der Waals surface area contributed by atoms with Crippen molar-refractivity contribution in [2.45, 2.75) is 45.6 Å². The summed E-state index contributed by atoms with van der Waals surface area (Å²) in [6.07, 6.45) is 2.55. The van der Waals surface area contributed by atoms with Gasteiger partial charge < -0.3 is 4.74 Å². The Morgan fingerprint density at radius 3 is 2.41 bits per heavy atom. The average molecular weight is 318 g/mol. The van der Waals surface area contributed by atoms with Gasteiger partial charge >= 0.3 is 5.97 Å². The number of ether oxygens (including phenoxy) is 1. The normalized spacial score (nSPS) is 18.5. The number of thioether (sulfide) groups is 1. The molecule has 0 spiro atoms. The second kappa shape index (κ2) is 6.69. The van der Waals surface area contributed by atoms with Crippen LogP contribution in [0.1, 0.15) is 51.2 Å². The maximum atomic E-state index is 12.1. The number of esters is 1. The fraction of sp³-hybridized carbons (Fsp3) is 0.444. The molecule has 0 N–H and O–H groups in total. The van der Waals surface area contributed by atoms with Crippen LogP contribution in [0, 0.1) is 0 Å². The summed E-state index contributed by atoms with van der Waals surface area (Å²) >= 11 is 1.60. The lowest BCUT2D eigenvalue weighted by Gasteiger charge is -2.22. The third kappa shape index (κ3) is 4.47. The molecule has 4 heteroatoms. The Kier molecular flexibility index (Phi) is 5.12. The Morgan fingerprint density at radius 2 is 1.91 bits per heavy atom. The molecule has 1 fully saturated rings. The summed E-state index contributed by atoms with van der Waals surface area (Å²) in [4.78, 5) is 24.5. The molecule has 3 nitrogen and oxygen atoms in total. The molecule has 0 radical (unpaired) electrons. The van der Waals surface area contributed by atoms with Crippen LogP contribution in [0.15, 0.2) is 29.2 Å². The van der Waals surface area contributed by atoms with E-state index in [-0.39, 0.29) is 17.7 Å². The predicted molar refractivity (Wildman–Crippen MR) is 90.8 cm³/mol. The van der Waals surface area contributed by atoms with Gasteiger partial charge in [-0.1, -0.05) is 24.3 Å². The Morgan fingerprint density at radius 1 is 1.27 bits per heavy atom. The van der Waals surface area contributed by atoms with Gasteiger partial charge in [0.05, 0.1) is 10.8 Å². The smallest absolute Gasteiger partial charge is 0.313 e. The molecule has 22 heavy (non-hydrogen) atoms. The van der Waals surface area contributed by atoms with Gasteiger partial charge in [-0.15, -0.1) is 11.8 Å². The van der Waals surface area contributed by atoms with Crippen LogP contribution in [0.3, 0.4) is 0 Å². The van der Waals surface area contributed by atoms with E-state index in [9.17, 15) is 9.59 Å². The average Bonchev–Trinajstić information content (AvgIpc) is 2.82. The lowest BCUT2D eigenvalue weighted by molar-refractivity contribution is -0.156. The Balaban J connectivity index is 2.08. The lowest BCUT2D eigenvalue weighted by Crippen LogP contribution is -2.26. The number of benzene rings is 1. The van der Waals surface area contributed by atoms with Crippen molar-refractivity contribution in [2.24, 2.45) is 0 Å². The predicted octanol–water partition coefficient (Wildman–Crippen LogP) is 4.18. The van der Waals surface area contributed by atoms with E-state index >= 15 is 0 Å². The van der Waals surface area contributed by atoms with Crippen molar-refractivity contribution in [3.63, 3.8) is 0 Å². The number of hydrogen-bond acceptors (Lipinski definition) is 4. The zero-order valence-electron chi connectivity index (χ0n) is 13.5. The van der Waals surface area contributed by atoms with Gasteiger partial charge in [-0.2, -0.15) is 0 Å². The molecule has 0 aromatic heterocycles. The second-order valence-corrected chi connectivity index (χ2v) is 7.59. The van der Waals surface area contributed by atoms with E-state index in [0.717, 1.165) is 21.8 Å². The quantitative estimate of drug-likeness (QED) is 0.619. The molecular weight excluding hydrogens is 296 g/mol. The lowest BCUT2D eigenvalue weighted by atomic mass is 9.99. The minimum Gasteiger partial charge on any atom is -0.460 e. The van der Waals surface area contributed by atoms with Crippen LogP contribution >= 0.6 is 11.8 Å². The standard InChI is InChI=1S/C18H22O3S/c1-12(17(20)21-18(2,3)4)14-7-5-13(6-8-14)11-16-15(19)9-10-22-16/h5-8,11-12H,9-10H2,1-4H3. The molecule has 1 aliphatic heterocycles. The highest BCUT2D eigenvalue weighted by Crippen LogP contribution is 2.29. The van der Waals surface area contributed by atoms with Crippen molar-refractivity contribution in [1.82, 2.24) is 0 Å². The molecule has 2 rings (SSSR count). The number of carbonyl (C=O) groups is 2. The van der Waals surface area contributed by atoms with Crippen LogP contribution < -0.4 is 0 Å². The fourth-order valence-corrected chi connectivity index (χ4v) is 3.13. The first kappa shape index (κ1) is 16.8. The van der Waals surface area contributed by atoms with Crippen molar-refractivity contribution in [2.75, 3.05) is 5.75 Å². The number of Topliss-reactive ketones (excluding diaryl/α,β-unsaturated/α-hetero) is 1. The summed E-state index contributed by atoms with van der Waals surface area (Å²) < 4.78 is 5.41. The zero-order valence-corrected chi connectivity index (χ0v) is 14.3. The van der Waals surface area contributed by atoms with Gasteiger partial charge in [0.15, 0.2) is 5.78 Å². The molecule has 0 aliphatic carbocycles. The Bertz CT molecular complexity index is 594. The second-order valence-electron chi connectivity index (χ2n) is 6.45. The van der Waals surface area contributed by atoms with Crippen LogP contribution in [0.25, 0.3) is 6.08 Å². The maximum Gasteiger partial charge on any atom is 0.313 e. The van der Waals surface area contributed by atoms with Gasteiger partial charge in [0.2, 0.25) is 0 Å². The van der Waals surface area contributed by atoms with Gasteiger partial charge in [0.25, 0.3) is 0 Å². The minimum absolute atomic E-state index is 0.219. The third-order valence-corrected chi connectivity index (χ3v) is 4.42. The highest BCUT2D eigenvalue weighted by molar-refractivity contribution is 8.04. The molecule has 1 heterocycles. The molecule has 0 bridgehead atoms. The SMILES string of the molecule is CC(C(=O)OC(C)(C)C)c1ccc(C=C2SCCC2=O)cc1. The molecule has 1 aromatic carbocycles. The van der Waals surface area contributed by atoms with Crippen molar-refractivity contribution in [3.05, 3.63) is 40.3 Å². The van der Waals surface area contributed by atoms with E-state index in [1.54, 1.807) is 11.8 Å². The number of rotatable bonds is 3. The number of allylic oxidation sites excluding steroid dienone is 1. The van der Waals surface area contributed by atoms with Crippen LogP contribution in [0.5, 0.6) is 0 Å². The molecule has 1 aliphatic rings. The molecule has 1 unspecified atom stereocenters. The monoisotopic (exact) mass is 318 g/mol. The molecule has 1 saturated heterocycles. The highest BCUT2D eigenvalue weighted by atomic mass is 32.2. The van der Waals surface area contributed by atoms with E-state index in [1.807, 2.05) is 58.0 Å². The van der Waals surface area contributed by atoms with Gasteiger partial charge in [0, 0.05) is 12.2 Å². The van der Waals surface area contributed by atoms with E-state index in [0.29, 0.717) is 6.42 Å². The first-order valence-electron chi connectivity index (χ1n) is 7.47. The van der Waals surface area contributed by atoms with E-state index in [2.05, 4.69) is 0 Å². The Labute approximate surface area is 136 Å². The van der Waals surface area contributed by atoms with Gasteiger partial charge in [-0.3, -0.25) is 9.59 Å². The van der Waals surface area contributed by atoms with Crippen molar-refractivity contribution < 1.29 is 14.3 Å². The summed E-state index contributed by atoms with van der Waals surface area (Å²) in [5.41, 5.74) is 1.43. The molecule has 118 valence electrons. The summed E-state index contributed by atoms with van der Waals surface area (Å²) in [6, 6.07) is 7.72. The van der Waals surface area contributed by atoms with Crippen LogP contribution in [-0.4, -0.2) is 23.1 Å². The third-order valence-electron chi connectivity index (χ3n) is 3.36. The molecule has 0 amide bonds. The van der Waals surface area contributed by atoms with Crippen molar-refractivity contribution >= 4 is 29.6 Å². The number of hydrogen-bond donors (Lipinski definition) is 0. The van der Waals surface area contributed by atoms with Gasteiger partial charge in [-0.25, -0.2) is 0 Å². The zero-order chi connectivity index (χ0) is 16.3. The first-order valence-corrected chi connectivity index (χ1v) is 8.45. The number of ketones is 1. The molecule has 0 saturated carbocycles. The summed E-state index contributed by atoms with van der Waals surface area (Å²) in [5.74, 6) is 0.568. The maximum absolute atomic E-state index is 12.1. The summed E-state index contributed by atoms with van der Waals surface area (Å²) in [6.45, 7) is 7.44. The topological polar surface area (TPSA) is 43.4 Å². The van der Waals surface area contributed by atoms with Crippen LogP contribution in [0.4, 0.5) is 0 Å². The fourth-order valence-electron chi connectivity index (χ4n) is 2.14. The first-order chi connectivity index (χ1) is 10.3. The Hall–Kier alpha value is -1.55. The molecule has 1 atom stereocenters. The highest BCUT2D eigenvalue weighted by Gasteiger charge is 2.23. The van der Waals surface area contributed by atoms with Gasteiger partial charge in [0.1, 0.15) is 5.60 Å². The van der Waals surface area contributed by atoms with Crippen LogP contribution in [-0.2, 0) is 14.3 Å². The van der Waals surface area contributed by atoms with Crippen molar-refractivity contribution in [3.8, 4) is 0 Å². The summed E-state index contributed by atoms with van der Waals surface area (Å²) in [5, 5.41) is 0. The van der Waals surface area contributed by atoms with Crippen molar-refractivity contribution in [1.29, 1.82) is 0 Å². The van der Waals surface area contributed by atoms with E-state index < -0.39 is 5.60 Å². The number of carbonyl (C=O) groups excluding carboxylic acids is 2. The van der Waals surface area contributed by atoms with Crippen LogP contribution in [0.2, 0.25) is 0 Å². The van der Waals surface area contributed by atoms with Gasteiger partial charge in [-0.05, 0) is 44.9 Å². The molecular formula is C18H22O3S. The summed E-state index contributed by atoms with van der Waals surface area (Å²) in [7, 11) is 0. The largest absolute Gasteiger partial charge is 0.460 e. The minimum atomic E-state index is -0.476. The van der Waals surface area contributed by atoms with E-state index in [4.69, 9.17) is 4.74 Å². The van der Waals surface area contributed by atoms with E-state index in [1.165, 1.54) is 0 Å².